The van der Waals surface area contributed by atoms with Gasteiger partial charge in [0.25, 0.3) is 0 Å². The summed E-state index contributed by atoms with van der Waals surface area (Å²) in [5.74, 6) is -0.379. The van der Waals surface area contributed by atoms with Crippen LogP contribution in [0.25, 0.3) is 0 Å². The topological polar surface area (TPSA) is 52.3 Å². The number of rotatable bonds is 3. The first-order chi connectivity index (χ1) is 7.04. The van der Waals surface area contributed by atoms with Gasteiger partial charge in [-0.3, -0.25) is 4.79 Å². The molecule has 0 unspecified atom stereocenters. The van der Waals surface area contributed by atoms with Crippen LogP contribution in [0, 0.1) is 6.92 Å². The van der Waals surface area contributed by atoms with Crippen LogP contribution in [-0.2, 0) is 16.0 Å². The molecule has 0 fully saturated rings. The van der Waals surface area contributed by atoms with Crippen LogP contribution >= 0.6 is 28.3 Å². The molecule has 1 atom stereocenters. The van der Waals surface area contributed by atoms with Gasteiger partial charge in [-0.05, 0) is 30.5 Å². The molecule has 2 N–H and O–H groups in total. The number of carbonyl (C=O) groups excluding carboxylic acids is 1. The molecule has 0 amide bonds. The molecule has 0 bridgehead atoms. The number of hydrogen-bond donors (Lipinski definition) is 1. The summed E-state index contributed by atoms with van der Waals surface area (Å²) in [5, 5.41) is 0. The molecular weight excluding hydrogens is 293 g/mol. The maximum absolute atomic E-state index is 11.1. The van der Waals surface area contributed by atoms with Gasteiger partial charge in [0.15, 0.2) is 0 Å². The van der Waals surface area contributed by atoms with Crippen molar-refractivity contribution >= 4 is 34.3 Å². The molecule has 0 aliphatic heterocycles. The second-order valence-corrected chi connectivity index (χ2v) is 4.27. The van der Waals surface area contributed by atoms with Gasteiger partial charge in [-0.25, -0.2) is 0 Å². The van der Waals surface area contributed by atoms with E-state index in [-0.39, 0.29) is 18.4 Å². The summed E-state index contributed by atoms with van der Waals surface area (Å²) >= 11 is 3.42. The van der Waals surface area contributed by atoms with E-state index in [0.29, 0.717) is 6.42 Å². The largest absolute Gasteiger partial charge is 0.468 e. The minimum absolute atomic E-state index is 0. The fraction of sp³-hybridized carbons (Fsp3) is 0.364. The molecule has 0 radical (unpaired) electrons. The normalized spacial score (nSPS) is 11.5. The third-order valence-electron chi connectivity index (χ3n) is 2.18. The molecule has 0 heterocycles. The molecule has 16 heavy (non-hydrogen) atoms. The number of methoxy groups -OCH3 is 1. The third kappa shape index (κ3) is 4.12. The lowest BCUT2D eigenvalue weighted by atomic mass is 10.0. The fourth-order valence-electron chi connectivity index (χ4n) is 1.32. The Hall–Kier alpha value is -0.580. The number of hydrogen-bond acceptors (Lipinski definition) is 3. The van der Waals surface area contributed by atoms with Gasteiger partial charge in [-0.15, -0.1) is 12.4 Å². The number of ether oxygens (including phenoxy) is 1. The summed E-state index contributed by atoms with van der Waals surface area (Å²) < 4.78 is 5.62. The first-order valence-corrected chi connectivity index (χ1v) is 5.42. The van der Waals surface area contributed by atoms with E-state index in [0.717, 1.165) is 15.6 Å². The first-order valence-electron chi connectivity index (χ1n) is 4.63. The Labute approximate surface area is 110 Å². The molecule has 0 aliphatic rings. The average Bonchev–Trinajstić information content (AvgIpc) is 2.22. The van der Waals surface area contributed by atoms with Gasteiger partial charge in [0.1, 0.15) is 6.04 Å². The molecule has 0 saturated heterocycles. The molecule has 0 spiro atoms. The van der Waals surface area contributed by atoms with Crippen molar-refractivity contribution in [3.8, 4) is 0 Å². The van der Waals surface area contributed by atoms with Crippen molar-refractivity contribution < 1.29 is 9.53 Å². The lowest BCUT2D eigenvalue weighted by Gasteiger charge is -2.10. The summed E-state index contributed by atoms with van der Waals surface area (Å²) in [4.78, 5) is 11.1. The summed E-state index contributed by atoms with van der Waals surface area (Å²) in [6.07, 6.45) is 0.501. The van der Waals surface area contributed by atoms with Crippen molar-refractivity contribution in [2.75, 3.05) is 7.11 Å². The molecule has 90 valence electrons. The van der Waals surface area contributed by atoms with E-state index in [2.05, 4.69) is 20.7 Å². The third-order valence-corrected chi connectivity index (χ3v) is 3.07. The van der Waals surface area contributed by atoms with Crippen molar-refractivity contribution in [1.82, 2.24) is 0 Å². The van der Waals surface area contributed by atoms with Crippen LogP contribution in [0.2, 0.25) is 0 Å². The quantitative estimate of drug-likeness (QED) is 0.871. The molecule has 1 rings (SSSR count). The second-order valence-electron chi connectivity index (χ2n) is 3.42. The Balaban J connectivity index is 0.00000225. The van der Waals surface area contributed by atoms with E-state index in [1.807, 2.05) is 25.1 Å². The van der Waals surface area contributed by atoms with E-state index in [1.165, 1.54) is 7.11 Å². The predicted octanol–water partition coefficient (Wildman–Crippen LogP) is 2.22. The minimum Gasteiger partial charge on any atom is -0.468 e. The molecular formula is C11H15BrClNO2. The average molecular weight is 309 g/mol. The number of aryl methyl sites for hydroxylation is 1. The van der Waals surface area contributed by atoms with E-state index < -0.39 is 6.04 Å². The standard InChI is InChI=1S/C11H14BrNO2.ClH/c1-7-5-8(3-4-9(7)12)6-10(13)11(14)15-2;/h3-5,10H,6,13H2,1-2H3;1H/t10-;/m0./s1. The number of nitrogens with two attached hydrogens (primary N) is 1. The van der Waals surface area contributed by atoms with Crippen molar-refractivity contribution in [2.45, 2.75) is 19.4 Å². The highest BCUT2D eigenvalue weighted by atomic mass is 79.9. The maximum atomic E-state index is 11.1. The highest BCUT2D eigenvalue weighted by molar-refractivity contribution is 9.10. The van der Waals surface area contributed by atoms with Crippen LogP contribution in [0.1, 0.15) is 11.1 Å². The maximum Gasteiger partial charge on any atom is 0.322 e. The van der Waals surface area contributed by atoms with Crippen molar-refractivity contribution in [2.24, 2.45) is 5.73 Å². The molecule has 1 aromatic carbocycles. The number of carbonyl (C=O) groups is 1. The number of esters is 1. The van der Waals surface area contributed by atoms with Crippen LogP contribution < -0.4 is 5.73 Å². The van der Waals surface area contributed by atoms with Crippen molar-refractivity contribution in [3.05, 3.63) is 33.8 Å². The second kappa shape index (κ2) is 6.89. The van der Waals surface area contributed by atoms with Gasteiger partial charge in [0.2, 0.25) is 0 Å². The van der Waals surface area contributed by atoms with Gasteiger partial charge >= 0.3 is 5.97 Å². The molecule has 5 heteroatoms. The lowest BCUT2D eigenvalue weighted by Crippen LogP contribution is -2.33. The molecule has 0 saturated carbocycles. The first kappa shape index (κ1) is 15.4. The summed E-state index contributed by atoms with van der Waals surface area (Å²) in [6, 6.07) is 5.32. The Bertz CT molecular complexity index is 371. The monoisotopic (exact) mass is 307 g/mol. The van der Waals surface area contributed by atoms with Crippen LogP contribution in [-0.4, -0.2) is 19.1 Å². The SMILES string of the molecule is COC(=O)[C@@H](N)Cc1ccc(Br)c(C)c1.Cl. The van der Waals surface area contributed by atoms with Crippen molar-refractivity contribution in [3.63, 3.8) is 0 Å². The van der Waals surface area contributed by atoms with E-state index in [4.69, 9.17) is 5.73 Å². The van der Waals surface area contributed by atoms with E-state index in [9.17, 15) is 4.79 Å². The number of halogens is 2. The van der Waals surface area contributed by atoms with Crippen molar-refractivity contribution in [1.29, 1.82) is 0 Å². The molecule has 1 aromatic rings. The zero-order valence-corrected chi connectivity index (χ0v) is 11.6. The Kier molecular flexibility index (Phi) is 6.64. The number of benzene rings is 1. The van der Waals surface area contributed by atoms with E-state index >= 15 is 0 Å². The Morgan fingerprint density at radius 3 is 2.69 bits per heavy atom. The van der Waals surface area contributed by atoms with Crippen LogP contribution in [0.5, 0.6) is 0 Å². The Morgan fingerprint density at radius 2 is 2.19 bits per heavy atom. The summed E-state index contributed by atoms with van der Waals surface area (Å²) in [7, 11) is 1.34. The molecule has 0 aromatic heterocycles. The van der Waals surface area contributed by atoms with Gasteiger partial charge in [0.05, 0.1) is 7.11 Å². The van der Waals surface area contributed by atoms with Gasteiger partial charge in [-0.2, -0.15) is 0 Å². The van der Waals surface area contributed by atoms with Crippen LogP contribution in [0.4, 0.5) is 0 Å². The molecule has 0 aliphatic carbocycles. The van der Waals surface area contributed by atoms with Gasteiger partial charge in [0, 0.05) is 4.47 Å². The summed E-state index contributed by atoms with van der Waals surface area (Å²) in [6.45, 7) is 2.00. The fourth-order valence-corrected chi connectivity index (χ4v) is 1.57. The minimum atomic E-state index is -0.587. The van der Waals surface area contributed by atoms with Gasteiger partial charge in [-0.1, -0.05) is 28.1 Å². The van der Waals surface area contributed by atoms with Crippen LogP contribution in [0.15, 0.2) is 22.7 Å². The summed E-state index contributed by atoms with van der Waals surface area (Å²) in [5.41, 5.74) is 7.83. The highest BCUT2D eigenvalue weighted by Gasteiger charge is 2.14. The molecule has 3 nitrogen and oxygen atoms in total. The zero-order valence-electron chi connectivity index (χ0n) is 9.20. The Morgan fingerprint density at radius 1 is 1.56 bits per heavy atom. The predicted molar refractivity (Wildman–Crippen MR) is 69.8 cm³/mol. The van der Waals surface area contributed by atoms with Gasteiger partial charge < -0.3 is 10.5 Å². The highest BCUT2D eigenvalue weighted by Crippen LogP contribution is 2.17. The lowest BCUT2D eigenvalue weighted by molar-refractivity contribution is -0.142. The van der Waals surface area contributed by atoms with E-state index in [1.54, 1.807) is 0 Å². The van der Waals surface area contributed by atoms with Crippen LogP contribution in [0.3, 0.4) is 0 Å². The smallest absolute Gasteiger partial charge is 0.322 e. The zero-order chi connectivity index (χ0) is 11.4.